The first-order chi connectivity index (χ1) is 5.59. The highest BCUT2D eigenvalue weighted by Gasteiger charge is 2.06. The third-order valence-corrected chi connectivity index (χ3v) is 2.07. The van der Waals surface area contributed by atoms with Gasteiger partial charge in [0.2, 0.25) is 0 Å². The van der Waals surface area contributed by atoms with Crippen molar-refractivity contribution in [3.8, 4) is 0 Å². The van der Waals surface area contributed by atoms with Gasteiger partial charge in [-0.05, 0) is 12.1 Å². The van der Waals surface area contributed by atoms with Crippen molar-refractivity contribution < 1.29 is 9.46 Å². The molecule has 0 spiro atoms. The van der Waals surface area contributed by atoms with E-state index in [2.05, 4.69) is 0 Å². The van der Waals surface area contributed by atoms with Gasteiger partial charge in [-0.1, -0.05) is 10.6 Å². The Bertz CT molecular complexity index is 314. The van der Waals surface area contributed by atoms with Gasteiger partial charge < -0.3 is 16.4 Å². The van der Waals surface area contributed by atoms with Crippen molar-refractivity contribution in [1.29, 1.82) is 0 Å². The molecule has 0 heterocycles. The van der Waals surface area contributed by atoms with Gasteiger partial charge in [-0.25, -0.2) is 0 Å². The first-order valence-electron chi connectivity index (χ1n) is 3.35. The van der Waals surface area contributed by atoms with Crippen molar-refractivity contribution in [3.05, 3.63) is 23.8 Å². The summed E-state index contributed by atoms with van der Waals surface area (Å²) in [5.74, 6) is 0. The van der Waals surface area contributed by atoms with Crippen LogP contribution >= 0.6 is 8.03 Å². The fourth-order valence-corrected chi connectivity index (χ4v) is 1.46. The summed E-state index contributed by atoms with van der Waals surface area (Å²) in [5, 5.41) is 0. The van der Waals surface area contributed by atoms with Gasteiger partial charge in [0.25, 0.3) is 0 Å². The average molecular weight is 184 g/mol. The lowest BCUT2D eigenvalue weighted by molar-refractivity contribution is -0.164. The molecule has 5 heteroatoms. The molecule has 0 aromatic heterocycles. The standard InChI is InChI=1S/C7H9N2O2P/c8-6-2-1-5(4-12(10)11)7(9)3-6/h1-3H,4,8-9H2. The Balaban J connectivity index is 2.93. The largest absolute Gasteiger partial charge is 0.595 e. The summed E-state index contributed by atoms with van der Waals surface area (Å²) in [6.07, 6.45) is -0.0263. The van der Waals surface area contributed by atoms with Crippen molar-refractivity contribution >= 4 is 19.4 Å². The maximum absolute atomic E-state index is 10.4. The molecule has 0 radical (unpaired) electrons. The number of nitrogens with two attached hydrogens (primary N) is 2. The highest BCUT2D eigenvalue weighted by Crippen LogP contribution is 2.23. The molecule has 1 aromatic carbocycles. The number of hydrogen-bond donors (Lipinski definition) is 2. The first kappa shape index (κ1) is 8.97. The summed E-state index contributed by atoms with van der Waals surface area (Å²) in [4.78, 5) is 10.4. The van der Waals surface area contributed by atoms with Crippen LogP contribution in [-0.2, 0) is 10.7 Å². The number of benzene rings is 1. The zero-order valence-electron chi connectivity index (χ0n) is 6.36. The first-order valence-corrected chi connectivity index (χ1v) is 4.71. The van der Waals surface area contributed by atoms with Crippen molar-refractivity contribution in [2.75, 3.05) is 11.5 Å². The highest BCUT2D eigenvalue weighted by atomic mass is 31.1. The quantitative estimate of drug-likeness (QED) is 0.515. The van der Waals surface area contributed by atoms with E-state index in [9.17, 15) is 9.46 Å². The molecule has 4 N–H and O–H groups in total. The molecule has 0 saturated carbocycles. The molecule has 0 saturated heterocycles. The molecule has 0 aliphatic rings. The van der Waals surface area contributed by atoms with Gasteiger partial charge in [-0.2, -0.15) is 0 Å². The van der Waals surface area contributed by atoms with Crippen molar-refractivity contribution in [2.24, 2.45) is 0 Å². The molecule has 12 heavy (non-hydrogen) atoms. The van der Waals surface area contributed by atoms with E-state index in [0.29, 0.717) is 16.9 Å². The Morgan fingerprint density at radius 3 is 2.58 bits per heavy atom. The van der Waals surface area contributed by atoms with Crippen LogP contribution in [0, 0.1) is 0 Å². The third kappa shape index (κ3) is 2.19. The van der Waals surface area contributed by atoms with Crippen molar-refractivity contribution in [3.63, 3.8) is 0 Å². The highest BCUT2D eigenvalue weighted by molar-refractivity contribution is 7.35. The van der Waals surface area contributed by atoms with Crippen LogP contribution in [0.15, 0.2) is 18.2 Å². The van der Waals surface area contributed by atoms with Gasteiger partial charge in [-0.3, -0.25) is 0 Å². The summed E-state index contributed by atoms with van der Waals surface area (Å²) in [5.41, 5.74) is 12.5. The van der Waals surface area contributed by atoms with E-state index in [0.717, 1.165) is 0 Å². The molecular weight excluding hydrogens is 175 g/mol. The van der Waals surface area contributed by atoms with Gasteiger partial charge in [-0.15, -0.1) is 0 Å². The van der Waals surface area contributed by atoms with E-state index in [1.165, 1.54) is 0 Å². The predicted molar refractivity (Wildman–Crippen MR) is 46.6 cm³/mol. The Labute approximate surface area is 71.1 Å². The van der Waals surface area contributed by atoms with E-state index in [-0.39, 0.29) is 6.16 Å². The van der Waals surface area contributed by atoms with Gasteiger partial charge in [0, 0.05) is 16.9 Å². The van der Waals surface area contributed by atoms with Crippen LogP contribution in [0.1, 0.15) is 5.56 Å². The monoisotopic (exact) mass is 184 g/mol. The summed E-state index contributed by atoms with van der Waals surface area (Å²) in [6, 6.07) is 4.80. The summed E-state index contributed by atoms with van der Waals surface area (Å²) >= 11 is 0. The summed E-state index contributed by atoms with van der Waals surface area (Å²) in [6.45, 7) is 0. The smallest absolute Gasteiger partial charge is 0.313 e. The average Bonchev–Trinajstić information content (AvgIpc) is 1.94. The van der Waals surface area contributed by atoms with E-state index in [1.54, 1.807) is 18.2 Å². The minimum Gasteiger partial charge on any atom is -0.595 e. The second-order valence-corrected chi connectivity index (χ2v) is 3.43. The molecule has 1 atom stereocenters. The van der Waals surface area contributed by atoms with E-state index >= 15 is 0 Å². The van der Waals surface area contributed by atoms with Crippen molar-refractivity contribution in [2.45, 2.75) is 6.16 Å². The van der Waals surface area contributed by atoms with Gasteiger partial charge in [0.1, 0.15) is 0 Å². The third-order valence-electron chi connectivity index (χ3n) is 1.47. The fourth-order valence-electron chi connectivity index (χ4n) is 0.896. The second kappa shape index (κ2) is 3.52. The number of hydrogen-bond acceptors (Lipinski definition) is 4. The van der Waals surface area contributed by atoms with Crippen molar-refractivity contribution in [1.82, 2.24) is 0 Å². The molecule has 64 valence electrons. The molecule has 0 aliphatic heterocycles. The Hall–Kier alpha value is -1.12. The van der Waals surface area contributed by atoms with Crippen LogP contribution in [0.25, 0.3) is 0 Å². The van der Waals surface area contributed by atoms with E-state index in [4.69, 9.17) is 11.5 Å². The second-order valence-electron chi connectivity index (χ2n) is 2.45. The number of rotatable bonds is 2. The van der Waals surface area contributed by atoms with Crippen LogP contribution in [-0.4, -0.2) is 0 Å². The number of anilines is 2. The minimum atomic E-state index is -2.42. The topological polar surface area (TPSA) is 92.2 Å². The number of nitrogen functional groups attached to an aromatic ring is 2. The molecule has 1 unspecified atom stereocenters. The van der Waals surface area contributed by atoms with Gasteiger partial charge in [0.05, 0.1) is 0 Å². The van der Waals surface area contributed by atoms with Gasteiger partial charge >= 0.3 is 8.03 Å². The molecular formula is C7H9N2O2P. The lowest BCUT2D eigenvalue weighted by Crippen LogP contribution is -1.97. The van der Waals surface area contributed by atoms with E-state index < -0.39 is 8.03 Å². The minimum absolute atomic E-state index is 0.0263. The summed E-state index contributed by atoms with van der Waals surface area (Å²) < 4.78 is 10.4. The Morgan fingerprint density at radius 2 is 2.08 bits per heavy atom. The maximum atomic E-state index is 10.4. The summed E-state index contributed by atoms with van der Waals surface area (Å²) in [7, 11) is -2.42. The molecule has 1 aromatic rings. The Kier molecular flexibility index (Phi) is 2.63. The predicted octanol–water partition coefficient (Wildman–Crippen LogP) is 0.454. The lowest BCUT2D eigenvalue weighted by atomic mass is 10.2. The van der Waals surface area contributed by atoms with Crippen LogP contribution < -0.4 is 16.4 Å². The molecule has 0 fully saturated rings. The Morgan fingerprint density at radius 1 is 1.42 bits per heavy atom. The van der Waals surface area contributed by atoms with E-state index in [1.807, 2.05) is 0 Å². The van der Waals surface area contributed by atoms with Crippen LogP contribution in [0.4, 0.5) is 11.4 Å². The molecule has 0 amide bonds. The van der Waals surface area contributed by atoms with Crippen LogP contribution in [0.3, 0.4) is 0 Å². The SMILES string of the molecule is Nc1ccc(C[P+](=O)[O-])c(N)c1. The van der Waals surface area contributed by atoms with Crippen LogP contribution in [0.2, 0.25) is 0 Å². The zero-order valence-corrected chi connectivity index (χ0v) is 7.25. The molecule has 1 rings (SSSR count). The van der Waals surface area contributed by atoms with Gasteiger partial charge in [0.15, 0.2) is 6.16 Å². The zero-order chi connectivity index (χ0) is 9.14. The molecule has 0 aliphatic carbocycles. The normalized spacial score (nSPS) is 11.2. The maximum Gasteiger partial charge on any atom is 0.313 e. The molecule has 4 nitrogen and oxygen atoms in total. The van der Waals surface area contributed by atoms with Crippen LogP contribution in [0.5, 0.6) is 0 Å². The lowest BCUT2D eigenvalue weighted by Gasteiger charge is -2.01. The fraction of sp³-hybridized carbons (Fsp3) is 0.143. The molecule has 0 bridgehead atoms.